The molecule has 0 aliphatic carbocycles. The molecule has 2 atom stereocenters. The molecular formula is C32H32N4O6P2. The summed E-state index contributed by atoms with van der Waals surface area (Å²) in [6, 6.07) is 23.6. The van der Waals surface area contributed by atoms with Crippen molar-refractivity contribution in [3.05, 3.63) is 83.9 Å². The van der Waals surface area contributed by atoms with Crippen LogP contribution in [0.3, 0.4) is 0 Å². The number of carbonyl (C=O) groups excluding carboxylic acids is 2. The Morgan fingerprint density at radius 2 is 0.955 bits per heavy atom. The Kier molecular flexibility index (Phi) is 7.58. The molecule has 2 unspecified atom stereocenters. The van der Waals surface area contributed by atoms with Crippen LogP contribution in [0.1, 0.15) is 20.7 Å². The molecule has 226 valence electrons. The van der Waals surface area contributed by atoms with Gasteiger partial charge in [-0.1, -0.05) is 60.7 Å². The summed E-state index contributed by atoms with van der Waals surface area (Å²) in [5, 5.41) is 3.70. The van der Waals surface area contributed by atoms with Gasteiger partial charge in [-0.2, -0.15) is 0 Å². The third-order valence-electron chi connectivity index (χ3n) is 8.43. The SMILES string of the molecule is O=C1c2c(ccc3ccccc23)OP(N2CCOCC2)N1CCN1C(=O)c2c(ccc3ccccc23)OP1N1CCOCC1. The van der Waals surface area contributed by atoms with Crippen molar-refractivity contribution in [2.45, 2.75) is 0 Å². The first-order valence-corrected chi connectivity index (χ1v) is 17.3. The highest BCUT2D eigenvalue weighted by Crippen LogP contribution is 2.55. The van der Waals surface area contributed by atoms with E-state index >= 15 is 0 Å². The summed E-state index contributed by atoms with van der Waals surface area (Å²) in [5.74, 6) is 1.06. The Bertz CT molecular complexity index is 1620. The number of fused-ring (bicyclic) bond motifs is 6. The molecular weight excluding hydrogens is 598 g/mol. The number of benzene rings is 4. The maximum Gasteiger partial charge on any atom is 0.281 e. The van der Waals surface area contributed by atoms with Crippen LogP contribution >= 0.6 is 16.9 Å². The minimum absolute atomic E-state index is 0.0763. The van der Waals surface area contributed by atoms with Gasteiger partial charge in [0.25, 0.3) is 28.7 Å². The molecule has 0 N–H and O–H groups in total. The summed E-state index contributed by atoms with van der Waals surface area (Å²) in [5.41, 5.74) is 1.14. The zero-order valence-corrected chi connectivity index (χ0v) is 25.9. The van der Waals surface area contributed by atoms with Crippen molar-refractivity contribution in [1.82, 2.24) is 18.7 Å². The van der Waals surface area contributed by atoms with Gasteiger partial charge in [0, 0.05) is 39.3 Å². The van der Waals surface area contributed by atoms with Crippen molar-refractivity contribution in [2.24, 2.45) is 0 Å². The molecule has 4 aliphatic rings. The van der Waals surface area contributed by atoms with Crippen LogP contribution < -0.4 is 9.05 Å². The van der Waals surface area contributed by atoms with Crippen molar-refractivity contribution < 1.29 is 28.1 Å². The molecule has 0 radical (unpaired) electrons. The molecule has 0 aromatic heterocycles. The molecule has 2 fully saturated rings. The van der Waals surface area contributed by atoms with Crippen molar-refractivity contribution in [2.75, 3.05) is 65.7 Å². The first kappa shape index (κ1) is 28.1. The predicted molar refractivity (Wildman–Crippen MR) is 170 cm³/mol. The number of hydrogen-bond donors (Lipinski definition) is 0. The molecule has 4 aromatic rings. The molecule has 0 spiro atoms. The van der Waals surface area contributed by atoms with Gasteiger partial charge in [0.1, 0.15) is 11.5 Å². The van der Waals surface area contributed by atoms with Gasteiger partial charge in [-0.05, 0) is 33.7 Å². The second-order valence-corrected chi connectivity index (χ2v) is 14.5. The Balaban J connectivity index is 1.16. The Labute approximate surface area is 257 Å². The summed E-state index contributed by atoms with van der Waals surface area (Å²) < 4.78 is 32.7. The van der Waals surface area contributed by atoms with E-state index in [1.165, 1.54) is 0 Å². The highest BCUT2D eigenvalue weighted by molar-refractivity contribution is 7.49. The van der Waals surface area contributed by atoms with Gasteiger partial charge in [-0.15, -0.1) is 0 Å². The summed E-state index contributed by atoms with van der Waals surface area (Å²) in [6.45, 7) is 5.63. The van der Waals surface area contributed by atoms with Gasteiger partial charge in [0.15, 0.2) is 0 Å². The van der Waals surface area contributed by atoms with Crippen LogP contribution in [0.15, 0.2) is 72.8 Å². The van der Waals surface area contributed by atoms with Gasteiger partial charge in [0.2, 0.25) is 0 Å². The average Bonchev–Trinajstić information content (AvgIpc) is 3.08. The largest absolute Gasteiger partial charge is 0.440 e. The molecule has 4 aromatic carbocycles. The average molecular weight is 631 g/mol. The number of nitrogens with zero attached hydrogens (tertiary/aromatic N) is 4. The van der Waals surface area contributed by atoms with Crippen LogP contribution in [0.2, 0.25) is 0 Å². The highest BCUT2D eigenvalue weighted by atomic mass is 31.2. The zero-order chi connectivity index (χ0) is 29.6. The number of rotatable bonds is 5. The lowest BCUT2D eigenvalue weighted by Gasteiger charge is -2.45. The van der Waals surface area contributed by atoms with E-state index in [0.717, 1.165) is 21.5 Å². The highest BCUT2D eigenvalue weighted by Gasteiger charge is 2.44. The van der Waals surface area contributed by atoms with E-state index in [4.69, 9.17) is 18.5 Å². The van der Waals surface area contributed by atoms with Gasteiger partial charge >= 0.3 is 0 Å². The van der Waals surface area contributed by atoms with Crippen molar-refractivity contribution in [1.29, 1.82) is 0 Å². The maximum absolute atomic E-state index is 14.4. The summed E-state index contributed by atoms with van der Waals surface area (Å²) in [7, 11) is -2.91. The summed E-state index contributed by atoms with van der Waals surface area (Å²) in [4.78, 5) is 28.9. The molecule has 2 saturated heterocycles. The minimum atomic E-state index is -1.45. The van der Waals surface area contributed by atoms with Gasteiger partial charge < -0.3 is 18.5 Å². The van der Waals surface area contributed by atoms with Crippen LogP contribution in [0.4, 0.5) is 0 Å². The number of carbonyl (C=O) groups is 2. The monoisotopic (exact) mass is 630 g/mol. The molecule has 8 rings (SSSR count). The van der Waals surface area contributed by atoms with Crippen LogP contribution in [-0.4, -0.2) is 96.2 Å². The Morgan fingerprint density at radius 1 is 0.545 bits per heavy atom. The number of morpholine rings is 2. The van der Waals surface area contributed by atoms with Crippen LogP contribution in [0.5, 0.6) is 11.5 Å². The fraction of sp³-hybridized carbons (Fsp3) is 0.312. The van der Waals surface area contributed by atoms with E-state index in [-0.39, 0.29) is 11.8 Å². The number of hydrogen-bond acceptors (Lipinski definition) is 8. The van der Waals surface area contributed by atoms with Crippen molar-refractivity contribution >= 4 is 50.3 Å². The van der Waals surface area contributed by atoms with E-state index in [0.29, 0.717) is 88.3 Å². The smallest absolute Gasteiger partial charge is 0.281 e. The lowest BCUT2D eigenvalue weighted by molar-refractivity contribution is 0.0612. The van der Waals surface area contributed by atoms with E-state index in [9.17, 15) is 9.59 Å². The first-order valence-electron chi connectivity index (χ1n) is 15.0. The van der Waals surface area contributed by atoms with Gasteiger partial charge in [-0.3, -0.25) is 18.9 Å². The van der Waals surface area contributed by atoms with Gasteiger partial charge in [-0.25, -0.2) is 9.34 Å². The van der Waals surface area contributed by atoms with E-state index in [1.54, 1.807) is 0 Å². The molecule has 0 bridgehead atoms. The minimum Gasteiger partial charge on any atom is -0.440 e. The van der Waals surface area contributed by atoms with E-state index in [2.05, 4.69) is 9.34 Å². The molecule has 10 nitrogen and oxygen atoms in total. The van der Waals surface area contributed by atoms with Crippen LogP contribution in [-0.2, 0) is 9.47 Å². The standard InChI is InChI=1S/C32H32N4O6P2/c37-31-29-25-7-3-1-5-23(25)9-11-27(29)41-43(33-15-19-39-20-16-33)35(31)13-14-36-32(38)30-26-8-4-2-6-24(26)10-12-28(30)42-44(36)34-17-21-40-22-18-34/h1-12H,13-22H2. The van der Waals surface area contributed by atoms with E-state index < -0.39 is 16.9 Å². The molecule has 12 heteroatoms. The Hall–Kier alpha value is -3.36. The molecule has 4 aliphatic heterocycles. The molecule has 44 heavy (non-hydrogen) atoms. The quantitative estimate of drug-likeness (QED) is 0.268. The molecule has 0 saturated carbocycles. The fourth-order valence-electron chi connectivity index (χ4n) is 6.22. The third-order valence-corrected chi connectivity index (χ3v) is 12.5. The normalized spacial score (nSPS) is 22.9. The second kappa shape index (κ2) is 11.9. The lowest BCUT2D eigenvalue weighted by Crippen LogP contribution is -2.47. The second-order valence-electron chi connectivity index (χ2n) is 11.0. The molecule has 2 amide bonds. The van der Waals surface area contributed by atoms with E-state index in [1.807, 2.05) is 82.1 Å². The van der Waals surface area contributed by atoms with Gasteiger partial charge in [0.05, 0.1) is 37.6 Å². The predicted octanol–water partition coefficient (Wildman–Crippen LogP) is 5.48. The Morgan fingerprint density at radius 3 is 1.39 bits per heavy atom. The third kappa shape index (κ3) is 4.91. The maximum atomic E-state index is 14.4. The number of amides is 2. The van der Waals surface area contributed by atoms with Crippen molar-refractivity contribution in [3.63, 3.8) is 0 Å². The zero-order valence-electron chi connectivity index (χ0n) is 24.1. The van der Waals surface area contributed by atoms with Crippen LogP contribution in [0.25, 0.3) is 21.5 Å². The topological polar surface area (TPSA) is 84.0 Å². The van der Waals surface area contributed by atoms with Crippen LogP contribution in [0, 0.1) is 0 Å². The summed E-state index contributed by atoms with van der Waals surface area (Å²) in [6.07, 6.45) is 0. The lowest BCUT2D eigenvalue weighted by atomic mass is 10.0. The fourth-order valence-corrected chi connectivity index (χ4v) is 9.96. The summed E-state index contributed by atoms with van der Waals surface area (Å²) >= 11 is 0. The first-order chi connectivity index (χ1) is 21.7. The number of ether oxygens (including phenoxy) is 2. The molecule has 4 heterocycles. The van der Waals surface area contributed by atoms with Crippen molar-refractivity contribution in [3.8, 4) is 11.5 Å².